The van der Waals surface area contributed by atoms with Gasteiger partial charge in [0.25, 0.3) is 0 Å². The summed E-state index contributed by atoms with van der Waals surface area (Å²) in [6.45, 7) is 3.32. The molecule has 2 nitrogen and oxygen atoms in total. The zero-order chi connectivity index (χ0) is 12.2. The monoisotopic (exact) mass is 238 g/mol. The van der Waals surface area contributed by atoms with Crippen molar-refractivity contribution in [2.24, 2.45) is 0 Å². The lowest BCUT2D eigenvalue weighted by molar-refractivity contribution is -0.135. The van der Waals surface area contributed by atoms with Crippen LogP contribution in [-0.2, 0) is 0 Å². The van der Waals surface area contributed by atoms with Crippen LogP contribution in [0.5, 0.6) is 0 Å². The lowest BCUT2D eigenvalue weighted by Crippen LogP contribution is -2.39. The average molecular weight is 238 g/mol. The molecule has 0 aromatic carbocycles. The summed E-state index contributed by atoms with van der Waals surface area (Å²) in [7, 11) is 2.08. The lowest BCUT2D eigenvalue weighted by atomic mass is 10.2. The third-order valence-corrected chi connectivity index (χ3v) is 3.07. The van der Waals surface area contributed by atoms with Crippen LogP contribution in [0.1, 0.15) is 32.6 Å². The van der Waals surface area contributed by atoms with Gasteiger partial charge in [0, 0.05) is 25.0 Å². The fourth-order valence-corrected chi connectivity index (χ4v) is 1.71. The standard InChI is InChI=1S/C11H21F3N2/c1-9(16(2)10-4-5-10)8-15-7-3-6-11(12,13)14/h9-10,15H,3-8H2,1-2H3. The van der Waals surface area contributed by atoms with Crippen molar-refractivity contribution in [3.63, 3.8) is 0 Å². The van der Waals surface area contributed by atoms with Crippen molar-refractivity contribution in [2.45, 2.75) is 50.9 Å². The molecule has 0 spiro atoms. The Morgan fingerprint density at radius 2 is 2.00 bits per heavy atom. The Bertz CT molecular complexity index is 202. The third-order valence-electron chi connectivity index (χ3n) is 3.07. The molecule has 1 unspecified atom stereocenters. The predicted molar refractivity (Wildman–Crippen MR) is 58.4 cm³/mol. The molecule has 1 aliphatic rings. The van der Waals surface area contributed by atoms with Gasteiger partial charge in [0.2, 0.25) is 0 Å². The molecule has 96 valence electrons. The first-order valence-corrected chi connectivity index (χ1v) is 5.89. The van der Waals surface area contributed by atoms with E-state index in [-0.39, 0.29) is 6.42 Å². The number of likely N-dealkylation sites (N-methyl/N-ethyl adjacent to an activating group) is 1. The summed E-state index contributed by atoms with van der Waals surface area (Å²) in [5.41, 5.74) is 0. The summed E-state index contributed by atoms with van der Waals surface area (Å²) < 4.78 is 35.5. The van der Waals surface area contributed by atoms with Crippen molar-refractivity contribution in [1.29, 1.82) is 0 Å². The second kappa shape index (κ2) is 5.87. The molecule has 16 heavy (non-hydrogen) atoms. The molecule has 1 N–H and O–H groups in total. The maximum Gasteiger partial charge on any atom is 0.389 e. The van der Waals surface area contributed by atoms with Crippen LogP contribution in [0.3, 0.4) is 0 Å². The van der Waals surface area contributed by atoms with Gasteiger partial charge in [-0.05, 0) is 39.8 Å². The van der Waals surface area contributed by atoms with Gasteiger partial charge < -0.3 is 5.32 Å². The zero-order valence-electron chi connectivity index (χ0n) is 9.98. The van der Waals surface area contributed by atoms with Crippen LogP contribution in [0.15, 0.2) is 0 Å². The van der Waals surface area contributed by atoms with Crippen molar-refractivity contribution < 1.29 is 13.2 Å². The summed E-state index contributed by atoms with van der Waals surface area (Å²) in [5.74, 6) is 0. The van der Waals surface area contributed by atoms with E-state index in [4.69, 9.17) is 0 Å². The number of nitrogens with one attached hydrogen (secondary N) is 1. The molecule has 0 radical (unpaired) electrons. The summed E-state index contributed by atoms with van der Waals surface area (Å²) in [6.07, 6.45) is -2.02. The van der Waals surface area contributed by atoms with Crippen molar-refractivity contribution in [1.82, 2.24) is 10.2 Å². The smallest absolute Gasteiger partial charge is 0.315 e. The largest absolute Gasteiger partial charge is 0.389 e. The molecule has 0 amide bonds. The van der Waals surface area contributed by atoms with Crippen LogP contribution in [0.4, 0.5) is 13.2 Å². The van der Waals surface area contributed by atoms with Crippen LogP contribution < -0.4 is 5.32 Å². The fourth-order valence-electron chi connectivity index (χ4n) is 1.71. The molecule has 1 saturated carbocycles. The molecule has 0 bridgehead atoms. The minimum Gasteiger partial charge on any atom is -0.315 e. The van der Waals surface area contributed by atoms with Gasteiger partial charge in [0.05, 0.1) is 0 Å². The highest BCUT2D eigenvalue weighted by atomic mass is 19.4. The van der Waals surface area contributed by atoms with Crippen molar-refractivity contribution in [3.8, 4) is 0 Å². The molecule has 0 heterocycles. The van der Waals surface area contributed by atoms with E-state index in [1.165, 1.54) is 12.8 Å². The van der Waals surface area contributed by atoms with Gasteiger partial charge in [-0.2, -0.15) is 13.2 Å². The highest BCUT2D eigenvalue weighted by Crippen LogP contribution is 2.26. The zero-order valence-corrected chi connectivity index (χ0v) is 9.98. The number of halogens is 3. The predicted octanol–water partition coefficient (Wildman–Crippen LogP) is 2.40. The number of hydrogen-bond acceptors (Lipinski definition) is 2. The number of alkyl halides is 3. The van der Waals surface area contributed by atoms with Gasteiger partial charge in [-0.25, -0.2) is 0 Å². The summed E-state index contributed by atoms with van der Waals surface area (Å²) in [6, 6.07) is 1.10. The van der Waals surface area contributed by atoms with Gasteiger partial charge in [-0.15, -0.1) is 0 Å². The second-order valence-corrected chi connectivity index (χ2v) is 4.67. The maximum absolute atomic E-state index is 11.8. The van der Waals surface area contributed by atoms with E-state index in [0.29, 0.717) is 18.6 Å². The van der Waals surface area contributed by atoms with E-state index in [1.54, 1.807) is 0 Å². The summed E-state index contributed by atoms with van der Waals surface area (Å²) in [5, 5.41) is 3.08. The van der Waals surface area contributed by atoms with Gasteiger partial charge in [-0.1, -0.05) is 0 Å². The first-order valence-electron chi connectivity index (χ1n) is 5.89. The van der Waals surface area contributed by atoms with Crippen LogP contribution in [0.2, 0.25) is 0 Å². The van der Waals surface area contributed by atoms with Crippen molar-refractivity contribution in [3.05, 3.63) is 0 Å². The van der Waals surface area contributed by atoms with E-state index < -0.39 is 12.6 Å². The van der Waals surface area contributed by atoms with Gasteiger partial charge in [0.1, 0.15) is 0 Å². The Hall–Kier alpha value is -0.290. The Kier molecular flexibility index (Phi) is 5.05. The summed E-state index contributed by atoms with van der Waals surface area (Å²) in [4.78, 5) is 2.30. The van der Waals surface area contributed by atoms with Crippen LogP contribution >= 0.6 is 0 Å². The molecular formula is C11H21F3N2. The molecule has 0 saturated heterocycles. The SMILES string of the molecule is CC(CNCCCC(F)(F)F)N(C)C1CC1. The molecule has 0 aromatic heterocycles. The summed E-state index contributed by atoms with van der Waals surface area (Å²) >= 11 is 0. The molecule has 1 rings (SSSR count). The normalized spacial score (nSPS) is 19.1. The third kappa shape index (κ3) is 5.70. The van der Waals surface area contributed by atoms with E-state index in [9.17, 15) is 13.2 Å². The molecular weight excluding hydrogens is 217 g/mol. The Morgan fingerprint density at radius 3 is 2.50 bits per heavy atom. The van der Waals surface area contributed by atoms with Crippen molar-refractivity contribution in [2.75, 3.05) is 20.1 Å². The van der Waals surface area contributed by atoms with Crippen LogP contribution in [-0.4, -0.2) is 43.3 Å². The molecule has 5 heteroatoms. The number of nitrogens with zero attached hydrogens (tertiary/aromatic N) is 1. The Balaban J connectivity index is 1.98. The number of hydrogen-bond donors (Lipinski definition) is 1. The molecule has 0 aliphatic heterocycles. The lowest BCUT2D eigenvalue weighted by Gasteiger charge is -2.24. The van der Waals surface area contributed by atoms with Crippen molar-refractivity contribution >= 4 is 0 Å². The first kappa shape index (κ1) is 13.8. The van der Waals surface area contributed by atoms with E-state index >= 15 is 0 Å². The van der Waals surface area contributed by atoms with Crippen LogP contribution in [0.25, 0.3) is 0 Å². The molecule has 1 atom stereocenters. The maximum atomic E-state index is 11.8. The Labute approximate surface area is 95.2 Å². The quantitative estimate of drug-likeness (QED) is 0.685. The second-order valence-electron chi connectivity index (χ2n) is 4.67. The van der Waals surface area contributed by atoms with E-state index in [2.05, 4.69) is 24.2 Å². The topological polar surface area (TPSA) is 15.3 Å². The van der Waals surface area contributed by atoms with Gasteiger partial charge in [-0.3, -0.25) is 4.90 Å². The van der Waals surface area contributed by atoms with Gasteiger partial charge >= 0.3 is 6.18 Å². The number of rotatable bonds is 7. The Morgan fingerprint density at radius 1 is 1.38 bits per heavy atom. The first-order chi connectivity index (χ1) is 7.40. The minimum atomic E-state index is -4.02. The van der Waals surface area contributed by atoms with E-state index in [0.717, 1.165) is 6.54 Å². The van der Waals surface area contributed by atoms with Gasteiger partial charge in [0.15, 0.2) is 0 Å². The van der Waals surface area contributed by atoms with Crippen LogP contribution in [0, 0.1) is 0 Å². The van der Waals surface area contributed by atoms with E-state index in [1.807, 2.05) is 0 Å². The highest BCUT2D eigenvalue weighted by Gasteiger charge is 2.29. The molecule has 1 aliphatic carbocycles. The highest BCUT2D eigenvalue weighted by molar-refractivity contribution is 4.85. The molecule has 0 aromatic rings. The fraction of sp³-hybridized carbons (Fsp3) is 1.00. The minimum absolute atomic E-state index is 0.170. The molecule has 1 fully saturated rings. The average Bonchev–Trinajstić information content (AvgIpc) is 2.97.